The number of rotatable bonds is 4. The van der Waals surface area contributed by atoms with Crippen molar-refractivity contribution in [1.82, 2.24) is 0 Å². The number of Topliss-reactive ketones (excluding diaryl/α,β-unsaturated/α-hetero) is 1. The molecule has 4 aromatic carbocycles. The maximum Gasteiger partial charge on any atom is 0.162 e. The van der Waals surface area contributed by atoms with Crippen molar-refractivity contribution in [1.29, 1.82) is 0 Å². The minimum absolute atomic E-state index is 0.0887. The van der Waals surface area contributed by atoms with Crippen molar-refractivity contribution in [3.05, 3.63) is 112 Å². The van der Waals surface area contributed by atoms with Crippen LogP contribution in [0.25, 0.3) is 16.3 Å². The van der Waals surface area contributed by atoms with E-state index < -0.39 is 0 Å². The lowest BCUT2D eigenvalue weighted by Gasteiger charge is -2.40. The number of carbonyl (C=O) groups is 1. The van der Waals surface area contributed by atoms with Crippen molar-refractivity contribution < 1.29 is 9.53 Å². The first kappa shape index (κ1) is 22.9. The van der Waals surface area contributed by atoms with Crippen LogP contribution in [0.4, 0.5) is 5.69 Å². The third-order valence-electron chi connectivity index (χ3n) is 7.25. The Morgan fingerprint density at radius 1 is 0.944 bits per heavy atom. The molecular formula is C32H28ClNO2. The number of nitrogens with one attached hydrogen (secondary N) is 1. The molecule has 3 nitrogen and oxygen atoms in total. The van der Waals surface area contributed by atoms with E-state index in [4.69, 9.17) is 16.3 Å². The van der Waals surface area contributed by atoms with Crippen LogP contribution < -0.4 is 10.1 Å². The van der Waals surface area contributed by atoms with E-state index in [2.05, 4.69) is 61.6 Å². The lowest BCUT2D eigenvalue weighted by molar-refractivity contribution is -0.118. The fraction of sp³-hybridized carbons (Fsp3) is 0.219. The summed E-state index contributed by atoms with van der Waals surface area (Å²) in [5, 5.41) is 6.79. The zero-order chi connectivity index (χ0) is 24.9. The van der Waals surface area contributed by atoms with Crippen LogP contribution in [0.5, 0.6) is 5.75 Å². The third kappa shape index (κ3) is 4.08. The van der Waals surface area contributed by atoms with Gasteiger partial charge >= 0.3 is 0 Å². The second-order valence-electron chi connectivity index (χ2n) is 10.6. The second kappa shape index (κ2) is 8.83. The molecule has 4 heteroatoms. The molecule has 0 aromatic heterocycles. The molecule has 4 aromatic rings. The van der Waals surface area contributed by atoms with Crippen molar-refractivity contribution >= 4 is 39.4 Å². The largest absolute Gasteiger partial charge is 0.489 e. The molecule has 0 radical (unpaired) electrons. The first-order valence-corrected chi connectivity index (χ1v) is 12.8. The number of hydrogen-bond acceptors (Lipinski definition) is 3. The summed E-state index contributed by atoms with van der Waals surface area (Å²) in [5.41, 5.74) is 6.15. The third-order valence-corrected chi connectivity index (χ3v) is 7.49. The number of anilines is 1. The van der Waals surface area contributed by atoms with Crippen LogP contribution in [0.2, 0.25) is 5.02 Å². The molecule has 0 bridgehead atoms. The topological polar surface area (TPSA) is 38.3 Å². The number of halogens is 1. The average Bonchev–Trinajstić information content (AvgIpc) is 2.86. The first-order valence-electron chi connectivity index (χ1n) is 12.4. The van der Waals surface area contributed by atoms with Gasteiger partial charge in [0.25, 0.3) is 0 Å². The van der Waals surface area contributed by atoms with Crippen LogP contribution in [0.3, 0.4) is 0 Å². The Morgan fingerprint density at radius 3 is 2.61 bits per heavy atom. The van der Waals surface area contributed by atoms with Crippen molar-refractivity contribution in [3.63, 3.8) is 0 Å². The molecule has 0 amide bonds. The number of benzene rings is 4. The molecule has 0 unspecified atom stereocenters. The number of carbonyl (C=O) groups excluding carboxylic acids is 1. The van der Waals surface area contributed by atoms with Crippen molar-refractivity contribution in [3.8, 4) is 5.75 Å². The maximum absolute atomic E-state index is 13.7. The lowest BCUT2D eigenvalue weighted by Crippen LogP contribution is -2.33. The molecular weight excluding hydrogens is 466 g/mol. The van der Waals surface area contributed by atoms with Crippen LogP contribution in [0.1, 0.15) is 49.4 Å². The summed E-state index contributed by atoms with van der Waals surface area (Å²) in [4.78, 5) is 13.7. The molecule has 0 saturated heterocycles. The molecule has 0 spiro atoms. The predicted octanol–water partition coefficient (Wildman–Crippen LogP) is 8.38. The van der Waals surface area contributed by atoms with Gasteiger partial charge in [0.05, 0.1) is 6.04 Å². The fourth-order valence-corrected chi connectivity index (χ4v) is 5.92. The van der Waals surface area contributed by atoms with Gasteiger partial charge in [-0.1, -0.05) is 86.1 Å². The van der Waals surface area contributed by atoms with E-state index in [-0.39, 0.29) is 17.2 Å². The number of para-hydroxylation sites is 1. The Bertz CT molecular complexity index is 1530. The van der Waals surface area contributed by atoms with Gasteiger partial charge in [-0.25, -0.2) is 0 Å². The minimum atomic E-state index is -0.271. The summed E-state index contributed by atoms with van der Waals surface area (Å²) in [7, 11) is 0. The van der Waals surface area contributed by atoms with Gasteiger partial charge in [-0.2, -0.15) is 0 Å². The second-order valence-corrected chi connectivity index (χ2v) is 11.0. The van der Waals surface area contributed by atoms with Gasteiger partial charge in [-0.3, -0.25) is 4.79 Å². The highest BCUT2D eigenvalue weighted by Crippen LogP contribution is 2.52. The number of fused-ring (bicyclic) bond motifs is 4. The lowest BCUT2D eigenvalue weighted by atomic mass is 9.68. The zero-order valence-corrected chi connectivity index (χ0v) is 21.2. The van der Waals surface area contributed by atoms with E-state index >= 15 is 0 Å². The molecule has 180 valence electrons. The molecule has 0 saturated carbocycles. The average molecular weight is 494 g/mol. The molecule has 1 atom stereocenters. The van der Waals surface area contributed by atoms with E-state index in [0.717, 1.165) is 45.7 Å². The number of ether oxygens (including phenoxy) is 1. The van der Waals surface area contributed by atoms with Gasteiger partial charge in [-0.05, 0) is 58.0 Å². The Morgan fingerprint density at radius 2 is 1.75 bits per heavy atom. The summed E-state index contributed by atoms with van der Waals surface area (Å²) in [6.45, 7) is 4.79. The van der Waals surface area contributed by atoms with Gasteiger partial charge in [0, 0.05) is 33.8 Å². The smallest absolute Gasteiger partial charge is 0.162 e. The number of hydrogen-bond donors (Lipinski definition) is 1. The molecule has 6 rings (SSSR count). The summed E-state index contributed by atoms with van der Waals surface area (Å²) in [6.07, 6.45) is 1.40. The van der Waals surface area contributed by atoms with E-state index in [1.807, 2.05) is 42.5 Å². The summed E-state index contributed by atoms with van der Waals surface area (Å²) in [5.74, 6) is 0.977. The molecule has 1 aliphatic carbocycles. The molecule has 1 N–H and O–H groups in total. The van der Waals surface area contributed by atoms with E-state index in [9.17, 15) is 4.79 Å². The van der Waals surface area contributed by atoms with Crippen LogP contribution in [-0.2, 0) is 11.4 Å². The number of ketones is 1. The standard InChI is InChI=1S/C32H28ClNO2/c1-32(2)17-25-29-23-11-4-3-9-21(23)14-15-26(29)34-31(30(25)27(35)18-32)24-12-5-6-13-28(24)36-19-20-8-7-10-22(33)16-20/h3-16,31,34H,17-19H2,1-2H3/t31-/m1/s1. The van der Waals surface area contributed by atoms with E-state index in [1.165, 1.54) is 10.8 Å². The minimum Gasteiger partial charge on any atom is -0.489 e. The Hall–Kier alpha value is -3.56. The quantitative estimate of drug-likeness (QED) is 0.310. The predicted molar refractivity (Wildman–Crippen MR) is 147 cm³/mol. The van der Waals surface area contributed by atoms with Crippen LogP contribution in [-0.4, -0.2) is 5.78 Å². The SMILES string of the molecule is CC1(C)CC(=O)C2=C(C1)c1c(ccc3ccccc13)N[C@@H]2c1ccccc1OCc1cccc(Cl)c1. The van der Waals surface area contributed by atoms with Gasteiger partial charge in [-0.15, -0.1) is 0 Å². The van der Waals surface area contributed by atoms with Crippen molar-refractivity contribution in [2.75, 3.05) is 5.32 Å². The van der Waals surface area contributed by atoms with Crippen molar-refractivity contribution in [2.24, 2.45) is 5.41 Å². The van der Waals surface area contributed by atoms with Gasteiger partial charge in [0.1, 0.15) is 12.4 Å². The zero-order valence-electron chi connectivity index (χ0n) is 20.5. The van der Waals surface area contributed by atoms with Gasteiger partial charge < -0.3 is 10.1 Å². The van der Waals surface area contributed by atoms with Crippen LogP contribution in [0.15, 0.2) is 90.5 Å². The highest BCUT2D eigenvalue weighted by atomic mass is 35.5. The summed E-state index contributed by atoms with van der Waals surface area (Å²) < 4.78 is 6.31. The van der Waals surface area contributed by atoms with E-state index in [1.54, 1.807) is 0 Å². The van der Waals surface area contributed by atoms with Crippen molar-refractivity contribution in [2.45, 2.75) is 39.3 Å². The Labute approximate surface area is 216 Å². The Kier molecular flexibility index (Phi) is 5.61. The normalized spacial score (nSPS) is 18.4. The molecule has 1 heterocycles. The van der Waals surface area contributed by atoms with Gasteiger partial charge in [0.2, 0.25) is 0 Å². The van der Waals surface area contributed by atoms with E-state index in [0.29, 0.717) is 18.1 Å². The first-order chi connectivity index (χ1) is 17.4. The molecule has 2 aliphatic rings. The molecule has 0 fully saturated rings. The number of allylic oxidation sites excluding steroid dienone is 1. The molecule has 1 aliphatic heterocycles. The summed E-state index contributed by atoms with van der Waals surface area (Å²) in [6, 6.07) is 28.2. The van der Waals surface area contributed by atoms with Crippen LogP contribution >= 0.6 is 11.6 Å². The van der Waals surface area contributed by atoms with Gasteiger partial charge in [0.15, 0.2) is 5.78 Å². The highest BCUT2D eigenvalue weighted by Gasteiger charge is 2.41. The highest BCUT2D eigenvalue weighted by molar-refractivity contribution is 6.30. The van der Waals surface area contributed by atoms with Crippen LogP contribution in [0, 0.1) is 5.41 Å². The monoisotopic (exact) mass is 493 g/mol. The molecule has 36 heavy (non-hydrogen) atoms. The maximum atomic E-state index is 13.7. The fourth-order valence-electron chi connectivity index (χ4n) is 5.71. The Balaban J connectivity index is 1.48. The summed E-state index contributed by atoms with van der Waals surface area (Å²) >= 11 is 6.18.